The highest BCUT2D eigenvalue weighted by atomic mass is 32.2. The summed E-state index contributed by atoms with van der Waals surface area (Å²) in [5.41, 5.74) is -0.0850. The quantitative estimate of drug-likeness (QED) is 0.860. The standard InChI is InChI=1S/C9H9N5O2S/c1-5-12-13-9(14(5)2)17-7-6(8(15)16)10-3-4-11-7/h3-4H,1-2H3,(H,15,16). The van der Waals surface area contributed by atoms with Crippen LogP contribution in [0, 0.1) is 6.92 Å². The van der Waals surface area contributed by atoms with E-state index in [2.05, 4.69) is 20.2 Å². The third-order valence-electron chi connectivity index (χ3n) is 2.11. The molecular formula is C9H9N5O2S. The largest absolute Gasteiger partial charge is 0.476 e. The predicted octanol–water partition coefficient (Wildman–Crippen LogP) is 0.763. The van der Waals surface area contributed by atoms with Gasteiger partial charge < -0.3 is 9.67 Å². The van der Waals surface area contributed by atoms with Crippen LogP contribution < -0.4 is 0 Å². The van der Waals surface area contributed by atoms with Gasteiger partial charge in [0.05, 0.1) is 0 Å². The molecule has 0 radical (unpaired) electrons. The number of hydrogen-bond donors (Lipinski definition) is 1. The topological polar surface area (TPSA) is 93.8 Å². The van der Waals surface area contributed by atoms with Crippen LogP contribution in [0.5, 0.6) is 0 Å². The molecule has 0 amide bonds. The highest BCUT2D eigenvalue weighted by Gasteiger charge is 2.16. The second-order valence-electron chi connectivity index (χ2n) is 3.21. The third-order valence-corrected chi connectivity index (χ3v) is 3.14. The summed E-state index contributed by atoms with van der Waals surface area (Å²) < 4.78 is 1.75. The first-order valence-corrected chi connectivity index (χ1v) is 5.49. The van der Waals surface area contributed by atoms with Crippen LogP contribution in [0.4, 0.5) is 0 Å². The zero-order chi connectivity index (χ0) is 12.4. The van der Waals surface area contributed by atoms with Gasteiger partial charge in [0, 0.05) is 19.4 Å². The number of carbonyl (C=O) groups is 1. The molecule has 0 aliphatic carbocycles. The van der Waals surface area contributed by atoms with E-state index >= 15 is 0 Å². The van der Waals surface area contributed by atoms with Gasteiger partial charge in [0.1, 0.15) is 10.9 Å². The van der Waals surface area contributed by atoms with Crippen LogP contribution in [0.15, 0.2) is 22.6 Å². The fraction of sp³-hybridized carbons (Fsp3) is 0.222. The predicted molar refractivity (Wildman–Crippen MR) is 58.9 cm³/mol. The molecule has 0 saturated carbocycles. The molecule has 0 saturated heterocycles. The van der Waals surface area contributed by atoms with Crippen LogP contribution in [-0.4, -0.2) is 35.8 Å². The number of hydrogen-bond acceptors (Lipinski definition) is 6. The maximum absolute atomic E-state index is 10.9. The van der Waals surface area contributed by atoms with E-state index in [0.29, 0.717) is 10.2 Å². The Morgan fingerprint density at radius 1 is 1.35 bits per heavy atom. The van der Waals surface area contributed by atoms with Gasteiger partial charge in [-0.15, -0.1) is 10.2 Å². The van der Waals surface area contributed by atoms with Gasteiger partial charge in [0.25, 0.3) is 0 Å². The summed E-state index contributed by atoms with van der Waals surface area (Å²) >= 11 is 1.12. The molecule has 1 N–H and O–H groups in total. The summed E-state index contributed by atoms with van der Waals surface area (Å²) in [6.45, 7) is 1.81. The SMILES string of the molecule is Cc1nnc(Sc2nccnc2C(=O)O)n1C. The average Bonchev–Trinajstić information content (AvgIpc) is 2.61. The molecule has 2 heterocycles. The molecule has 0 atom stereocenters. The first-order chi connectivity index (χ1) is 8.09. The van der Waals surface area contributed by atoms with Crippen molar-refractivity contribution in [3.8, 4) is 0 Å². The molecule has 7 nitrogen and oxygen atoms in total. The molecule has 2 rings (SSSR count). The van der Waals surface area contributed by atoms with Gasteiger partial charge in [0.15, 0.2) is 10.9 Å². The average molecular weight is 251 g/mol. The van der Waals surface area contributed by atoms with Gasteiger partial charge in [-0.05, 0) is 18.7 Å². The van der Waals surface area contributed by atoms with Crippen molar-refractivity contribution in [2.45, 2.75) is 17.1 Å². The van der Waals surface area contributed by atoms with E-state index < -0.39 is 5.97 Å². The maximum atomic E-state index is 10.9. The van der Waals surface area contributed by atoms with E-state index in [-0.39, 0.29) is 5.69 Å². The molecule has 0 aromatic carbocycles. The van der Waals surface area contributed by atoms with E-state index in [1.54, 1.807) is 11.6 Å². The zero-order valence-electron chi connectivity index (χ0n) is 9.15. The van der Waals surface area contributed by atoms with E-state index in [4.69, 9.17) is 5.11 Å². The van der Waals surface area contributed by atoms with E-state index in [1.165, 1.54) is 12.4 Å². The molecule has 0 bridgehead atoms. The Balaban J connectivity index is 2.36. The second kappa shape index (κ2) is 4.50. The lowest BCUT2D eigenvalue weighted by Gasteiger charge is -2.02. The molecule has 0 unspecified atom stereocenters. The van der Waals surface area contributed by atoms with E-state index in [1.807, 2.05) is 6.92 Å². The summed E-state index contributed by atoms with van der Waals surface area (Å²) in [6, 6.07) is 0. The van der Waals surface area contributed by atoms with Crippen molar-refractivity contribution in [3.05, 3.63) is 23.9 Å². The van der Waals surface area contributed by atoms with Crippen molar-refractivity contribution in [1.82, 2.24) is 24.7 Å². The molecule has 8 heteroatoms. The van der Waals surface area contributed by atoms with Gasteiger partial charge in [0.2, 0.25) is 0 Å². The van der Waals surface area contributed by atoms with Crippen LogP contribution >= 0.6 is 11.8 Å². The molecule has 0 fully saturated rings. The molecular weight excluding hydrogens is 242 g/mol. The van der Waals surface area contributed by atoms with Crippen molar-refractivity contribution in [2.75, 3.05) is 0 Å². The monoisotopic (exact) mass is 251 g/mol. The Labute approximate surface area is 101 Å². The first-order valence-electron chi connectivity index (χ1n) is 4.67. The molecule has 88 valence electrons. The summed E-state index contributed by atoms with van der Waals surface area (Å²) in [7, 11) is 1.80. The Morgan fingerprint density at radius 2 is 2.06 bits per heavy atom. The van der Waals surface area contributed by atoms with Crippen molar-refractivity contribution < 1.29 is 9.90 Å². The Morgan fingerprint density at radius 3 is 2.65 bits per heavy atom. The van der Waals surface area contributed by atoms with Gasteiger partial charge >= 0.3 is 5.97 Å². The summed E-state index contributed by atoms with van der Waals surface area (Å²) in [5.74, 6) is -0.368. The smallest absolute Gasteiger partial charge is 0.357 e. The van der Waals surface area contributed by atoms with Crippen LogP contribution in [0.1, 0.15) is 16.3 Å². The maximum Gasteiger partial charge on any atom is 0.357 e. The fourth-order valence-corrected chi connectivity index (χ4v) is 1.98. The minimum absolute atomic E-state index is 0.0850. The Bertz CT molecular complexity index is 568. The van der Waals surface area contributed by atoms with Gasteiger partial charge in [-0.2, -0.15) is 0 Å². The lowest BCUT2D eigenvalue weighted by Crippen LogP contribution is -2.04. The number of rotatable bonds is 3. The summed E-state index contributed by atoms with van der Waals surface area (Å²) in [5, 5.41) is 17.6. The molecule has 2 aromatic rings. The minimum atomic E-state index is -1.11. The third kappa shape index (κ3) is 2.26. The zero-order valence-corrected chi connectivity index (χ0v) is 9.97. The number of nitrogens with zero attached hydrogens (tertiary/aromatic N) is 5. The second-order valence-corrected chi connectivity index (χ2v) is 4.16. The number of aromatic nitrogens is 5. The highest BCUT2D eigenvalue weighted by molar-refractivity contribution is 7.99. The molecule has 17 heavy (non-hydrogen) atoms. The highest BCUT2D eigenvalue weighted by Crippen LogP contribution is 2.25. The van der Waals surface area contributed by atoms with Gasteiger partial charge in [-0.3, -0.25) is 0 Å². The molecule has 0 aliphatic heterocycles. The van der Waals surface area contributed by atoms with Crippen LogP contribution in [-0.2, 0) is 7.05 Å². The first kappa shape index (κ1) is 11.5. The van der Waals surface area contributed by atoms with Crippen LogP contribution in [0.2, 0.25) is 0 Å². The lowest BCUT2D eigenvalue weighted by molar-refractivity contribution is 0.0685. The molecule has 0 aliphatic rings. The van der Waals surface area contributed by atoms with Crippen molar-refractivity contribution in [3.63, 3.8) is 0 Å². The fourth-order valence-electron chi connectivity index (χ4n) is 1.11. The number of carboxylic acids is 1. The van der Waals surface area contributed by atoms with E-state index in [9.17, 15) is 4.79 Å². The Hall–Kier alpha value is -1.96. The van der Waals surface area contributed by atoms with Gasteiger partial charge in [-0.1, -0.05) is 0 Å². The van der Waals surface area contributed by atoms with Crippen molar-refractivity contribution >= 4 is 17.7 Å². The van der Waals surface area contributed by atoms with Crippen molar-refractivity contribution in [1.29, 1.82) is 0 Å². The molecule has 2 aromatic heterocycles. The lowest BCUT2D eigenvalue weighted by atomic mass is 10.5. The number of carboxylic acid groups (broad SMARTS) is 1. The Kier molecular flexibility index (Phi) is 3.05. The number of aromatic carboxylic acids is 1. The minimum Gasteiger partial charge on any atom is -0.476 e. The van der Waals surface area contributed by atoms with Gasteiger partial charge in [-0.25, -0.2) is 14.8 Å². The van der Waals surface area contributed by atoms with E-state index in [0.717, 1.165) is 17.6 Å². The van der Waals surface area contributed by atoms with Crippen molar-refractivity contribution in [2.24, 2.45) is 7.05 Å². The normalized spacial score (nSPS) is 10.5. The number of aryl methyl sites for hydroxylation is 1. The summed E-state index contributed by atoms with van der Waals surface area (Å²) in [4.78, 5) is 18.7. The summed E-state index contributed by atoms with van der Waals surface area (Å²) in [6.07, 6.45) is 2.79. The van der Waals surface area contributed by atoms with Crippen LogP contribution in [0.3, 0.4) is 0 Å². The van der Waals surface area contributed by atoms with Crippen LogP contribution in [0.25, 0.3) is 0 Å². The molecule has 0 spiro atoms.